The summed E-state index contributed by atoms with van der Waals surface area (Å²) in [5.74, 6) is 0.884. The molecule has 0 bridgehead atoms. The number of rotatable bonds is 4. The van der Waals surface area contributed by atoms with Crippen LogP contribution in [0.25, 0.3) is 0 Å². The summed E-state index contributed by atoms with van der Waals surface area (Å²) in [6, 6.07) is 6.85. The van der Waals surface area contributed by atoms with Crippen LogP contribution in [0.15, 0.2) is 22.7 Å². The van der Waals surface area contributed by atoms with Crippen LogP contribution >= 0.6 is 15.9 Å². The second kappa shape index (κ2) is 5.85. The standard InChI is InChI=1S/C13H19BrN2O/c1-16-6-5-11(9-16)15-8-10-3-4-13(17-2)12(14)7-10/h3-4,7,11,15H,5-6,8-9H2,1-2H3. The van der Waals surface area contributed by atoms with Gasteiger partial charge in [0.15, 0.2) is 0 Å². The SMILES string of the molecule is COc1ccc(CNC2CCN(C)C2)cc1Br. The molecular formula is C13H19BrN2O. The van der Waals surface area contributed by atoms with Crippen LogP contribution in [0.4, 0.5) is 0 Å². The van der Waals surface area contributed by atoms with Crippen molar-refractivity contribution in [3.8, 4) is 5.75 Å². The quantitative estimate of drug-likeness (QED) is 0.923. The van der Waals surface area contributed by atoms with Gasteiger partial charge in [0.1, 0.15) is 5.75 Å². The summed E-state index contributed by atoms with van der Waals surface area (Å²) < 4.78 is 6.23. The van der Waals surface area contributed by atoms with Crippen LogP contribution in [0.3, 0.4) is 0 Å². The first-order chi connectivity index (χ1) is 8.19. The van der Waals surface area contributed by atoms with Crippen LogP contribution in [0, 0.1) is 0 Å². The van der Waals surface area contributed by atoms with E-state index in [-0.39, 0.29) is 0 Å². The first kappa shape index (κ1) is 12.9. The molecule has 2 rings (SSSR count). The van der Waals surface area contributed by atoms with Gasteiger partial charge in [0.25, 0.3) is 0 Å². The van der Waals surface area contributed by atoms with Gasteiger partial charge in [-0.1, -0.05) is 6.07 Å². The van der Waals surface area contributed by atoms with Crippen LogP contribution in [0.2, 0.25) is 0 Å². The number of likely N-dealkylation sites (N-methyl/N-ethyl adjacent to an activating group) is 1. The largest absolute Gasteiger partial charge is 0.496 e. The number of halogens is 1. The summed E-state index contributed by atoms with van der Waals surface area (Å²) in [6.07, 6.45) is 1.24. The van der Waals surface area contributed by atoms with Crippen molar-refractivity contribution in [1.82, 2.24) is 10.2 Å². The number of hydrogen-bond donors (Lipinski definition) is 1. The lowest BCUT2D eigenvalue weighted by atomic mass is 10.2. The monoisotopic (exact) mass is 298 g/mol. The summed E-state index contributed by atoms with van der Waals surface area (Å²) in [5, 5.41) is 3.59. The summed E-state index contributed by atoms with van der Waals surface area (Å²) in [5.41, 5.74) is 1.28. The minimum absolute atomic E-state index is 0.626. The Hall–Kier alpha value is -0.580. The van der Waals surface area contributed by atoms with Crippen LogP contribution in [-0.4, -0.2) is 38.2 Å². The highest BCUT2D eigenvalue weighted by atomic mass is 79.9. The molecule has 1 aromatic carbocycles. The predicted molar refractivity (Wildman–Crippen MR) is 73.4 cm³/mol. The van der Waals surface area contributed by atoms with E-state index in [9.17, 15) is 0 Å². The lowest BCUT2D eigenvalue weighted by Crippen LogP contribution is -2.30. The number of likely N-dealkylation sites (tertiary alicyclic amines) is 1. The molecule has 1 heterocycles. The molecule has 0 radical (unpaired) electrons. The number of nitrogens with one attached hydrogen (secondary N) is 1. The van der Waals surface area contributed by atoms with Crippen molar-refractivity contribution in [3.05, 3.63) is 28.2 Å². The summed E-state index contributed by atoms with van der Waals surface area (Å²) in [4.78, 5) is 2.36. The van der Waals surface area contributed by atoms with Crippen molar-refractivity contribution < 1.29 is 4.74 Å². The first-order valence-electron chi connectivity index (χ1n) is 5.93. The van der Waals surface area contributed by atoms with Gasteiger partial charge in [-0.05, 0) is 53.6 Å². The van der Waals surface area contributed by atoms with E-state index in [1.54, 1.807) is 7.11 Å². The van der Waals surface area contributed by atoms with Crippen molar-refractivity contribution in [2.45, 2.75) is 19.0 Å². The fraction of sp³-hybridized carbons (Fsp3) is 0.538. The Balaban J connectivity index is 1.88. The molecular weight excluding hydrogens is 280 g/mol. The Bertz CT molecular complexity index is 384. The Morgan fingerprint density at radius 3 is 2.94 bits per heavy atom. The highest BCUT2D eigenvalue weighted by molar-refractivity contribution is 9.10. The fourth-order valence-electron chi connectivity index (χ4n) is 2.18. The molecule has 1 unspecified atom stereocenters. The maximum atomic E-state index is 5.22. The highest BCUT2D eigenvalue weighted by Crippen LogP contribution is 2.25. The topological polar surface area (TPSA) is 24.5 Å². The molecule has 1 saturated heterocycles. The van der Waals surface area contributed by atoms with Crippen LogP contribution < -0.4 is 10.1 Å². The van der Waals surface area contributed by atoms with Gasteiger partial charge in [0.05, 0.1) is 11.6 Å². The van der Waals surface area contributed by atoms with Gasteiger partial charge in [-0.15, -0.1) is 0 Å². The van der Waals surface area contributed by atoms with Gasteiger partial charge in [0, 0.05) is 19.1 Å². The lowest BCUT2D eigenvalue weighted by molar-refractivity contribution is 0.397. The summed E-state index contributed by atoms with van der Waals surface area (Å²) in [6.45, 7) is 3.27. The molecule has 0 spiro atoms. The smallest absolute Gasteiger partial charge is 0.133 e. The summed E-state index contributed by atoms with van der Waals surface area (Å²) in [7, 11) is 3.86. The number of hydrogen-bond acceptors (Lipinski definition) is 3. The van der Waals surface area contributed by atoms with E-state index in [1.807, 2.05) is 6.07 Å². The molecule has 1 aromatic rings. The third-order valence-corrected chi connectivity index (χ3v) is 3.82. The zero-order chi connectivity index (χ0) is 12.3. The molecule has 1 fully saturated rings. The zero-order valence-corrected chi connectivity index (χ0v) is 12.0. The molecule has 4 heteroatoms. The van der Waals surface area contributed by atoms with E-state index in [0.717, 1.165) is 23.3 Å². The molecule has 1 aliphatic rings. The molecule has 0 aromatic heterocycles. The highest BCUT2D eigenvalue weighted by Gasteiger charge is 2.18. The van der Waals surface area contributed by atoms with E-state index in [0.29, 0.717) is 6.04 Å². The molecule has 0 saturated carbocycles. The number of benzene rings is 1. The van der Waals surface area contributed by atoms with Crippen molar-refractivity contribution in [2.75, 3.05) is 27.2 Å². The van der Waals surface area contributed by atoms with Gasteiger partial charge >= 0.3 is 0 Å². The third-order valence-electron chi connectivity index (χ3n) is 3.20. The number of nitrogens with zero attached hydrogens (tertiary/aromatic N) is 1. The molecule has 1 N–H and O–H groups in total. The summed E-state index contributed by atoms with van der Waals surface area (Å²) >= 11 is 3.51. The van der Waals surface area contributed by atoms with Crippen LogP contribution in [0.5, 0.6) is 5.75 Å². The number of methoxy groups -OCH3 is 1. The van der Waals surface area contributed by atoms with E-state index in [4.69, 9.17) is 4.74 Å². The second-order valence-electron chi connectivity index (χ2n) is 4.60. The normalized spacial score (nSPS) is 20.8. The lowest BCUT2D eigenvalue weighted by Gasteiger charge is -2.13. The number of ether oxygens (including phenoxy) is 1. The Kier molecular flexibility index (Phi) is 4.42. The van der Waals surface area contributed by atoms with Crippen LogP contribution in [0.1, 0.15) is 12.0 Å². The van der Waals surface area contributed by atoms with Gasteiger partial charge in [-0.2, -0.15) is 0 Å². The fourth-order valence-corrected chi connectivity index (χ4v) is 2.77. The Labute approximate surface area is 111 Å². The molecule has 0 aliphatic carbocycles. The van der Waals surface area contributed by atoms with E-state index in [1.165, 1.54) is 18.5 Å². The molecule has 1 aliphatic heterocycles. The van der Waals surface area contributed by atoms with Gasteiger partial charge in [-0.25, -0.2) is 0 Å². The van der Waals surface area contributed by atoms with Crippen LogP contribution in [-0.2, 0) is 6.54 Å². The van der Waals surface area contributed by atoms with Crippen molar-refractivity contribution in [1.29, 1.82) is 0 Å². The van der Waals surface area contributed by atoms with E-state index < -0.39 is 0 Å². The predicted octanol–water partition coefficient (Wildman–Crippen LogP) is 2.25. The molecule has 3 nitrogen and oxygen atoms in total. The maximum absolute atomic E-state index is 5.22. The van der Waals surface area contributed by atoms with Gasteiger partial charge in [0.2, 0.25) is 0 Å². The van der Waals surface area contributed by atoms with E-state index >= 15 is 0 Å². The third kappa shape index (κ3) is 3.44. The van der Waals surface area contributed by atoms with Crippen molar-refractivity contribution in [3.63, 3.8) is 0 Å². The van der Waals surface area contributed by atoms with Gasteiger partial charge < -0.3 is 15.0 Å². The van der Waals surface area contributed by atoms with Crippen molar-refractivity contribution in [2.24, 2.45) is 0 Å². The van der Waals surface area contributed by atoms with Crippen molar-refractivity contribution >= 4 is 15.9 Å². The average molecular weight is 299 g/mol. The molecule has 17 heavy (non-hydrogen) atoms. The molecule has 94 valence electrons. The first-order valence-corrected chi connectivity index (χ1v) is 6.72. The minimum Gasteiger partial charge on any atom is -0.496 e. The average Bonchev–Trinajstić information content (AvgIpc) is 2.73. The maximum Gasteiger partial charge on any atom is 0.133 e. The van der Waals surface area contributed by atoms with Gasteiger partial charge in [-0.3, -0.25) is 0 Å². The Morgan fingerprint density at radius 2 is 2.35 bits per heavy atom. The molecule has 1 atom stereocenters. The van der Waals surface area contributed by atoms with E-state index in [2.05, 4.69) is 45.3 Å². The second-order valence-corrected chi connectivity index (χ2v) is 5.45. The molecule has 0 amide bonds. The Morgan fingerprint density at radius 1 is 1.53 bits per heavy atom. The minimum atomic E-state index is 0.626. The zero-order valence-electron chi connectivity index (χ0n) is 10.4.